The molecule has 3 rings (SSSR count). The summed E-state index contributed by atoms with van der Waals surface area (Å²) in [5, 5.41) is 5.36. The van der Waals surface area contributed by atoms with Crippen LogP contribution in [0, 0.1) is 5.92 Å². The molecule has 0 radical (unpaired) electrons. The fourth-order valence-electron chi connectivity index (χ4n) is 3.50. The van der Waals surface area contributed by atoms with Crippen molar-refractivity contribution >= 4 is 23.6 Å². The summed E-state index contributed by atoms with van der Waals surface area (Å²) in [6.45, 7) is -0.274. The number of halogens is 3. The van der Waals surface area contributed by atoms with Gasteiger partial charge in [-0.25, -0.2) is 0 Å². The van der Waals surface area contributed by atoms with Gasteiger partial charge in [0.15, 0.2) is 0 Å². The van der Waals surface area contributed by atoms with Crippen molar-refractivity contribution in [3.63, 3.8) is 0 Å². The average Bonchev–Trinajstić information content (AvgIpc) is 3.17. The molecule has 1 saturated carbocycles. The minimum absolute atomic E-state index is 0.0409. The molecule has 1 fully saturated rings. The van der Waals surface area contributed by atoms with Crippen molar-refractivity contribution < 1.29 is 22.8 Å². The van der Waals surface area contributed by atoms with Crippen LogP contribution in [-0.4, -0.2) is 30.2 Å². The minimum atomic E-state index is -4.52. The van der Waals surface area contributed by atoms with Crippen LogP contribution in [0.1, 0.15) is 35.2 Å². The van der Waals surface area contributed by atoms with Gasteiger partial charge in [0.05, 0.1) is 12.1 Å². The van der Waals surface area contributed by atoms with Crippen LogP contribution in [0.3, 0.4) is 0 Å². The number of rotatable bonds is 7. The zero-order valence-electron chi connectivity index (χ0n) is 16.2. The molecule has 2 unspecified atom stereocenters. The molecular weight excluding hydrogens is 413 g/mol. The summed E-state index contributed by atoms with van der Waals surface area (Å²) in [6, 6.07) is 14.2. The van der Waals surface area contributed by atoms with Gasteiger partial charge < -0.3 is 10.6 Å². The second kappa shape index (κ2) is 10.0. The van der Waals surface area contributed by atoms with E-state index < -0.39 is 17.6 Å². The standard InChI is InChI=1S/C22H23F3N2O2S/c23-22(24,25)17-8-4-6-15(12-17)21(29)26-13-20(28)27-19-11-5-7-16(19)14-30-18-9-2-1-3-10-18/h1-4,6,8-10,12,16,19H,5,7,11,13-14H2,(H,26,29)(H,27,28). The minimum Gasteiger partial charge on any atom is -0.352 e. The summed E-state index contributed by atoms with van der Waals surface area (Å²) in [4.78, 5) is 25.6. The van der Waals surface area contributed by atoms with E-state index in [-0.39, 0.29) is 24.1 Å². The molecule has 160 valence electrons. The summed E-state index contributed by atoms with van der Waals surface area (Å²) in [5.74, 6) is 0.195. The zero-order chi connectivity index (χ0) is 21.6. The van der Waals surface area contributed by atoms with E-state index in [9.17, 15) is 22.8 Å². The van der Waals surface area contributed by atoms with E-state index in [1.165, 1.54) is 17.0 Å². The Hall–Kier alpha value is -2.48. The number of carbonyl (C=O) groups excluding carboxylic acids is 2. The van der Waals surface area contributed by atoms with E-state index in [4.69, 9.17) is 0 Å². The fourth-order valence-corrected chi connectivity index (χ4v) is 4.66. The van der Waals surface area contributed by atoms with E-state index in [1.807, 2.05) is 18.2 Å². The van der Waals surface area contributed by atoms with Gasteiger partial charge in [-0.3, -0.25) is 9.59 Å². The van der Waals surface area contributed by atoms with E-state index in [0.29, 0.717) is 5.92 Å². The predicted octanol–water partition coefficient (Wildman–Crippen LogP) is 4.51. The number of hydrogen-bond acceptors (Lipinski definition) is 3. The first-order valence-corrected chi connectivity index (χ1v) is 10.7. The number of carbonyl (C=O) groups is 2. The highest BCUT2D eigenvalue weighted by Crippen LogP contribution is 2.31. The lowest BCUT2D eigenvalue weighted by atomic mass is 10.1. The van der Waals surface area contributed by atoms with Gasteiger partial charge in [0.1, 0.15) is 0 Å². The van der Waals surface area contributed by atoms with E-state index in [0.717, 1.165) is 37.1 Å². The van der Waals surface area contributed by atoms with Crippen LogP contribution in [0.15, 0.2) is 59.5 Å². The highest BCUT2D eigenvalue weighted by molar-refractivity contribution is 7.99. The van der Waals surface area contributed by atoms with Gasteiger partial charge in [-0.05, 0) is 49.1 Å². The van der Waals surface area contributed by atoms with Gasteiger partial charge in [0.25, 0.3) is 5.91 Å². The smallest absolute Gasteiger partial charge is 0.352 e. The summed E-state index contributed by atoms with van der Waals surface area (Å²) in [5.41, 5.74) is -1.03. The lowest BCUT2D eigenvalue weighted by Gasteiger charge is -2.21. The Bertz CT molecular complexity index is 874. The third-order valence-corrected chi connectivity index (χ3v) is 6.27. The van der Waals surface area contributed by atoms with Crippen molar-refractivity contribution in [1.29, 1.82) is 0 Å². The Balaban J connectivity index is 1.47. The molecule has 4 nitrogen and oxygen atoms in total. The predicted molar refractivity (Wildman–Crippen MR) is 110 cm³/mol. The maximum absolute atomic E-state index is 12.8. The van der Waals surface area contributed by atoms with Crippen molar-refractivity contribution in [1.82, 2.24) is 10.6 Å². The first-order valence-electron chi connectivity index (χ1n) is 9.75. The van der Waals surface area contributed by atoms with E-state index in [1.54, 1.807) is 11.8 Å². The van der Waals surface area contributed by atoms with E-state index in [2.05, 4.69) is 22.8 Å². The Morgan fingerprint density at radius 2 is 1.80 bits per heavy atom. The molecule has 1 aliphatic rings. The van der Waals surface area contributed by atoms with Gasteiger partial charge in [0.2, 0.25) is 5.91 Å². The first kappa shape index (κ1) is 22.2. The number of nitrogens with one attached hydrogen (secondary N) is 2. The molecule has 0 aliphatic heterocycles. The van der Waals surface area contributed by atoms with Crippen LogP contribution in [0.5, 0.6) is 0 Å². The second-order valence-electron chi connectivity index (χ2n) is 7.25. The highest BCUT2D eigenvalue weighted by Gasteiger charge is 2.31. The van der Waals surface area contributed by atoms with Crippen molar-refractivity contribution in [2.75, 3.05) is 12.3 Å². The molecular formula is C22H23F3N2O2S. The van der Waals surface area contributed by atoms with Crippen LogP contribution in [0.2, 0.25) is 0 Å². The maximum Gasteiger partial charge on any atom is 0.416 e. The third-order valence-electron chi connectivity index (χ3n) is 5.07. The number of thioether (sulfide) groups is 1. The lowest BCUT2D eigenvalue weighted by Crippen LogP contribution is -2.43. The van der Waals surface area contributed by atoms with Crippen LogP contribution >= 0.6 is 11.8 Å². The number of amides is 2. The molecule has 8 heteroatoms. The average molecular weight is 436 g/mol. The van der Waals surface area contributed by atoms with Crippen molar-refractivity contribution in [2.45, 2.75) is 36.4 Å². The monoisotopic (exact) mass is 436 g/mol. The molecule has 0 spiro atoms. The molecule has 30 heavy (non-hydrogen) atoms. The normalized spacial score (nSPS) is 18.8. The van der Waals surface area contributed by atoms with Gasteiger partial charge in [0, 0.05) is 22.3 Å². The summed E-state index contributed by atoms with van der Waals surface area (Å²) in [7, 11) is 0. The second-order valence-corrected chi connectivity index (χ2v) is 8.34. The molecule has 1 aliphatic carbocycles. The Morgan fingerprint density at radius 1 is 1.03 bits per heavy atom. The molecule has 0 bridgehead atoms. The zero-order valence-corrected chi connectivity index (χ0v) is 17.1. The molecule has 0 heterocycles. The van der Waals surface area contributed by atoms with Gasteiger partial charge in [-0.15, -0.1) is 11.8 Å². The van der Waals surface area contributed by atoms with Crippen molar-refractivity contribution in [3.05, 3.63) is 65.7 Å². The molecule has 0 aromatic heterocycles. The van der Waals surface area contributed by atoms with Gasteiger partial charge in [-0.1, -0.05) is 30.7 Å². The third kappa shape index (κ3) is 6.26. The molecule has 2 aromatic carbocycles. The van der Waals surface area contributed by atoms with Crippen LogP contribution in [0.25, 0.3) is 0 Å². The SMILES string of the molecule is O=C(CNC(=O)c1cccc(C(F)(F)F)c1)NC1CCCC1CSc1ccccc1. The molecule has 0 saturated heterocycles. The van der Waals surface area contributed by atoms with Crippen molar-refractivity contribution in [2.24, 2.45) is 5.92 Å². The topological polar surface area (TPSA) is 58.2 Å². The lowest BCUT2D eigenvalue weighted by molar-refractivity contribution is -0.137. The summed E-state index contributed by atoms with van der Waals surface area (Å²) in [6.07, 6.45) is -1.58. The first-order chi connectivity index (χ1) is 14.3. The number of alkyl halides is 3. The molecule has 2 amide bonds. The Morgan fingerprint density at radius 3 is 2.53 bits per heavy atom. The van der Waals surface area contributed by atoms with Crippen LogP contribution < -0.4 is 10.6 Å². The summed E-state index contributed by atoms with van der Waals surface area (Å²) < 4.78 is 38.3. The fraction of sp³-hybridized carbons (Fsp3) is 0.364. The van der Waals surface area contributed by atoms with E-state index >= 15 is 0 Å². The highest BCUT2D eigenvalue weighted by atomic mass is 32.2. The molecule has 2 atom stereocenters. The quantitative estimate of drug-likeness (QED) is 0.628. The van der Waals surface area contributed by atoms with Crippen LogP contribution in [-0.2, 0) is 11.0 Å². The number of hydrogen-bond donors (Lipinski definition) is 2. The van der Waals surface area contributed by atoms with Gasteiger partial charge in [-0.2, -0.15) is 13.2 Å². The Labute approximate surface area is 177 Å². The largest absolute Gasteiger partial charge is 0.416 e. The number of benzene rings is 2. The van der Waals surface area contributed by atoms with Gasteiger partial charge >= 0.3 is 6.18 Å². The maximum atomic E-state index is 12.8. The Kier molecular flexibility index (Phi) is 7.42. The summed E-state index contributed by atoms with van der Waals surface area (Å²) >= 11 is 1.75. The van der Waals surface area contributed by atoms with Crippen LogP contribution in [0.4, 0.5) is 13.2 Å². The van der Waals surface area contributed by atoms with Crippen molar-refractivity contribution in [3.8, 4) is 0 Å². The molecule has 2 N–H and O–H groups in total. The molecule has 2 aromatic rings.